The Morgan fingerprint density at radius 1 is 1.17 bits per heavy atom. The molecule has 1 aliphatic heterocycles. The first kappa shape index (κ1) is 19.9. The molecule has 3 heterocycles. The molecule has 1 fully saturated rings. The number of amides is 1. The van der Waals surface area contributed by atoms with E-state index in [0.717, 1.165) is 23.9 Å². The highest BCUT2D eigenvalue weighted by Crippen LogP contribution is 2.31. The zero-order valence-corrected chi connectivity index (χ0v) is 15.9. The van der Waals surface area contributed by atoms with Gasteiger partial charge in [0.1, 0.15) is 6.10 Å². The van der Waals surface area contributed by atoms with E-state index in [1.165, 1.54) is 0 Å². The van der Waals surface area contributed by atoms with Gasteiger partial charge in [-0.15, -0.1) is 0 Å². The van der Waals surface area contributed by atoms with E-state index in [1.807, 2.05) is 22.9 Å². The van der Waals surface area contributed by atoms with E-state index in [-0.39, 0.29) is 11.8 Å². The minimum absolute atomic E-state index is 0.0898. The molecule has 1 aliphatic rings. The second-order valence-corrected chi connectivity index (χ2v) is 7.09. The van der Waals surface area contributed by atoms with Crippen molar-refractivity contribution in [1.29, 1.82) is 0 Å². The van der Waals surface area contributed by atoms with Crippen molar-refractivity contribution < 1.29 is 22.7 Å². The molecule has 0 aliphatic carbocycles. The van der Waals surface area contributed by atoms with Crippen LogP contribution in [0.1, 0.15) is 27.9 Å². The van der Waals surface area contributed by atoms with Crippen LogP contribution in [-0.4, -0.2) is 44.5 Å². The Labute approximate surface area is 170 Å². The summed E-state index contributed by atoms with van der Waals surface area (Å²) in [6.45, 7) is 1.44. The molecule has 0 saturated carbocycles. The van der Waals surface area contributed by atoms with Crippen LogP contribution in [0.15, 0.2) is 61.3 Å². The Morgan fingerprint density at radius 3 is 2.67 bits per heavy atom. The number of imidazole rings is 1. The van der Waals surface area contributed by atoms with Crippen molar-refractivity contribution in [2.75, 3.05) is 13.1 Å². The second-order valence-electron chi connectivity index (χ2n) is 7.09. The minimum atomic E-state index is -4.46. The van der Waals surface area contributed by atoms with Crippen molar-refractivity contribution in [3.63, 3.8) is 0 Å². The molecule has 2 aromatic heterocycles. The molecule has 30 heavy (non-hydrogen) atoms. The van der Waals surface area contributed by atoms with Crippen LogP contribution in [-0.2, 0) is 12.7 Å². The quantitative estimate of drug-likeness (QED) is 0.637. The van der Waals surface area contributed by atoms with Gasteiger partial charge in [-0.05, 0) is 23.8 Å². The molecule has 1 amide bonds. The van der Waals surface area contributed by atoms with Crippen LogP contribution in [0.25, 0.3) is 0 Å². The summed E-state index contributed by atoms with van der Waals surface area (Å²) < 4.78 is 46.0. The first-order valence-corrected chi connectivity index (χ1v) is 9.42. The number of aromatic nitrogens is 3. The van der Waals surface area contributed by atoms with Gasteiger partial charge in [-0.2, -0.15) is 13.2 Å². The van der Waals surface area contributed by atoms with Gasteiger partial charge in [-0.25, -0.2) is 9.97 Å². The lowest BCUT2D eigenvalue weighted by molar-refractivity contribution is -0.137. The highest BCUT2D eigenvalue weighted by molar-refractivity contribution is 5.94. The number of nitrogens with zero attached hydrogens (tertiary/aromatic N) is 4. The normalized spacial score (nSPS) is 16.6. The fraction of sp³-hybridized carbons (Fsp3) is 0.286. The van der Waals surface area contributed by atoms with Crippen LogP contribution >= 0.6 is 0 Å². The molecule has 0 radical (unpaired) electrons. The van der Waals surface area contributed by atoms with E-state index in [1.54, 1.807) is 29.6 Å². The standard InChI is InChI=1S/C21H19F3N4O2/c22-21(23,24)17-5-7-26-19(11-17)30-18-6-9-28(13-18)20(29)16-3-1-15(2-4-16)12-27-10-8-25-14-27/h1-5,7-8,10-11,14,18H,6,9,12-13H2. The van der Waals surface area contributed by atoms with Gasteiger partial charge in [0.05, 0.1) is 18.4 Å². The number of ether oxygens (including phenoxy) is 1. The van der Waals surface area contributed by atoms with Crippen LogP contribution in [0.5, 0.6) is 5.88 Å². The molecule has 4 rings (SSSR count). The lowest BCUT2D eigenvalue weighted by Crippen LogP contribution is -2.31. The Balaban J connectivity index is 1.35. The maximum atomic E-state index is 12.8. The second kappa shape index (κ2) is 8.17. The van der Waals surface area contributed by atoms with Gasteiger partial charge < -0.3 is 14.2 Å². The van der Waals surface area contributed by atoms with Crippen molar-refractivity contribution in [1.82, 2.24) is 19.4 Å². The molecule has 1 aromatic carbocycles. The summed E-state index contributed by atoms with van der Waals surface area (Å²) in [6, 6.07) is 9.11. The summed E-state index contributed by atoms with van der Waals surface area (Å²) in [5.74, 6) is -0.222. The first-order valence-electron chi connectivity index (χ1n) is 9.42. The van der Waals surface area contributed by atoms with E-state index in [0.29, 0.717) is 31.6 Å². The van der Waals surface area contributed by atoms with Gasteiger partial charge in [0.25, 0.3) is 5.91 Å². The molecular weight excluding hydrogens is 397 g/mol. The maximum Gasteiger partial charge on any atom is 0.416 e. The molecule has 156 valence electrons. The SMILES string of the molecule is O=C(c1ccc(Cn2ccnc2)cc1)N1CCC(Oc2cc(C(F)(F)F)ccn2)C1. The van der Waals surface area contributed by atoms with Crippen LogP contribution in [0.2, 0.25) is 0 Å². The molecule has 0 bridgehead atoms. The highest BCUT2D eigenvalue weighted by atomic mass is 19.4. The van der Waals surface area contributed by atoms with Crippen molar-refractivity contribution >= 4 is 5.91 Å². The van der Waals surface area contributed by atoms with Crippen LogP contribution < -0.4 is 4.74 Å². The number of pyridine rings is 1. The molecule has 6 nitrogen and oxygen atoms in total. The molecule has 9 heteroatoms. The molecule has 0 spiro atoms. The monoisotopic (exact) mass is 416 g/mol. The van der Waals surface area contributed by atoms with Crippen molar-refractivity contribution in [3.8, 4) is 5.88 Å². The topological polar surface area (TPSA) is 60.2 Å². The third kappa shape index (κ3) is 4.61. The Kier molecular flexibility index (Phi) is 5.43. The largest absolute Gasteiger partial charge is 0.472 e. The van der Waals surface area contributed by atoms with E-state index < -0.39 is 17.8 Å². The smallest absolute Gasteiger partial charge is 0.416 e. The zero-order valence-electron chi connectivity index (χ0n) is 15.9. The van der Waals surface area contributed by atoms with E-state index >= 15 is 0 Å². The number of hydrogen-bond acceptors (Lipinski definition) is 4. The summed E-state index contributed by atoms with van der Waals surface area (Å²) in [5, 5.41) is 0. The van der Waals surface area contributed by atoms with Crippen LogP contribution in [0.4, 0.5) is 13.2 Å². The zero-order chi connectivity index (χ0) is 21.1. The lowest BCUT2D eigenvalue weighted by Gasteiger charge is -2.17. The Morgan fingerprint density at radius 2 is 1.97 bits per heavy atom. The third-order valence-electron chi connectivity index (χ3n) is 4.91. The summed E-state index contributed by atoms with van der Waals surface area (Å²) in [6.07, 6.45) is 2.04. The number of hydrogen-bond donors (Lipinski definition) is 0. The molecule has 1 atom stereocenters. The Bertz CT molecular complexity index is 1000. The van der Waals surface area contributed by atoms with Crippen molar-refractivity contribution in [3.05, 3.63) is 78.0 Å². The van der Waals surface area contributed by atoms with Crippen molar-refractivity contribution in [2.45, 2.75) is 25.2 Å². The minimum Gasteiger partial charge on any atom is -0.472 e. The van der Waals surface area contributed by atoms with Gasteiger partial charge in [0.15, 0.2) is 0 Å². The van der Waals surface area contributed by atoms with E-state index in [4.69, 9.17) is 4.74 Å². The summed E-state index contributed by atoms with van der Waals surface area (Å²) in [5.41, 5.74) is 0.791. The summed E-state index contributed by atoms with van der Waals surface area (Å²) >= 11 is 0. The van der Waals surface area contributed by atoms with Crippen LogP contribution in [0, 0.1) is 0 Å². The highest BCUT2D eigenvalue weighted by Gasteiger charge is 2.32. The van der Waals surface area contributed by atoms with Gasteiger partial charge in [-0.1, -0.05) is 12.1 Å². The fourth-order valence-corrected chi connectivity index (χ4v) is 3.36. The predicted molar refractivity (Wildman–Crippen MR) is 102 cm³/mol. The average molecular weight is 416 g/mol. The van der Waals surface area contributed by atoms with E-state index in [9.17, 15) is 18.0 Å². The fourth-order valence-electron chi connectivity index (χ4n) is 3.36. The maximum absolute atomic E-state index is 12.8. The number of likely N-dealkylation sites (tertiary alicyclic amines) is 1. The van der Waals surface area contributed by atoms with Gasteiger partial charge in [-0.3, -0.25) is 4.79 Å². The molecule has 0 N–H and O–H groups in total. The van der Waals surface area contributed by atoms with E-state index in [2.05, 4.69) is 9.97 Å². The Hall–Kier alpha value is -3.36. The number of halogens is 3. The molecular formula is C21H19F3N4O2. The van der Waals surface area contributed by atoms with Gasteiger partial charge in [0.2, 0.25) is 5.88 Å². The third-order valence-corrected chi connectivity index (χ3v) is 4.91. The number of carbonyl (C=O) groups excluding carboxylic acids is 1. The summed E-state index contributed by atoms with van der Waals surface area (Å²) in [7, 11) is 0. The number of benzene rings is 1. The average Bonchev–Trinajstić information content (AvgIpc) is 3.40. The van der Waals surface area contributed by atoms with Gasteiger partial charge >= 0.3 is 6.18 Å². The number of carbonyl (C=O) groups is 1. The predicted octanol–water partition coefficient (Wildman–Crippen LogP) is 3.64. The lowest BCUT2D eigenvalue weighted by atomic mass is 10.1. The van der Waals surface area contributed by atoms with Crippen LogP contribution in [0.3, 0.4) is 0 Å². The number of rotatable bonds is 5. The molecule has 1 unspecified atom stereocenters. The van der Waals surface area contributed by atoms with Gasteiger partial charge in [0, 0.05) is 49.7 Å². The molecule has 3 aromatic rings. The number of alkyl halides is 3. The molecule has 1 saturated heterocycles. The summed E-state index contributed by atoms with van der Waals surface area (Å²) in [4.78, 5) is 22.2. The first-order chi connectivity index (χ1) is 14.4. The van der Waals surface area contributed by atoms with Crippen molar-refractivity contribution in [2.24, 2.45) is 0 Å².